The fourth-order valence-corrected chi connectivity index (χ4v) is 1.72. The van der Waals surface area contributed by atoms with Crippen molar-refractivity contribution in [3.8, 4) is 0 Å². The summed E-state index contributed by atoms with van der Waals surface area (Å²) in [6.07, 6.45) is -4.45. The van der Waals surface area contributed by atoms with Crippen LogP contribution in [0.1, 0.15) is 19.5 Å². The lowest BCUT2D eigenvalue weighted by atomic mass is 10.2. The van der Waals surface area contributed by atoms with Crippen LogP contribution in [0.25, 0.3) is 0 Å². The molecule has 0 atom stereocenters. The SMILES string of the molecule is CC(C)Cn1nc(N)c(Br)c1C(F)(F)F. The fourth-order valence-electron chi connectivity index (χ4n) is 1.21. The van der Waals surface area contributed by atoms with Crippen LogP contribution in [0.3, 0.4) is 0 Å². The second-order valence-electron chi connectivity index (χ2n) is 3.62. The van der Waals surface area contributed by atoms with Crippen LogP contribution in [0.4, 0.5) is 19.0 Å². The molecule has 0 aliphatic heterocycles. The molecule has 0 aromatic carbocycles. The number of nitrogen functional groups attached to an aromatic ring is 1. The van der Waals surface area contributed by atoms with Crippen LogP contribution in [0.2, 0.25) is 0 Å². The van der Waals surface area contributed by atoms with E-state index in [0.717, 1.165) is 4.68 Å². The highest BCUT2D eigenvalue weighted by atomic mass is 79.9. The summed E-state index contributed by atoms with van der Waals surface area (Å²) in [5.74, 6) is -0.0692. The van der Waals surface area contributed by atoms with Gasteiger partial charge in [0.15, 0.2) is 11.5 Å². The Morgan fingerprint density at radius 2 is 2.00 bits per heavy atom. The van der Waals surface area contributed by atoms with Crippen LogP contribution in [-0.4, -0.2) is 9.78 Å². The number of rotatable bonds is 2. The predicted octanol–water partition coefficient (Wildman–Crippen LogP) is 2.90. The van der Waals surface area contributed by atoms with Crippen molar-refractivity contribution < 1.29 is 13.2 Å². The van der Waals surface area contributed by atoms with Crippen molar-refractivity contribution in [2.75, 3.05) is 5.73 Å². The van der Waals surface area contributed by atoms with Gasteiger partial charge in [-0.2, -0.15) is 18.3 Å². The first kappa shape index (κ1) is 12.4. The summed E-state index contributed by atoms with van der Waals surface area (Å²) in [7, 11) is 0. The van der Waals surface area contributed by atoms with Gasteiger partial charge in [0.05, 0.1) is 4.47 Å². The molecule has 0 aliphatic carbocycles. The standard InChI is InChI=1S/C8H11BrF3N3/c1-4(2)3-15-6(8(10,11)12)5(9)7(13)14-15/h4H,3H2,1-2H3,(H2,13,14). The van der Waals surface area contributed by atoms with Gasteiger partial charge in [0.2, 0.25) is 0 Å². The maximum atomic E-state index is 12.6. The van der Waals surface area contributed by atoms with Gasteiger partial charge >= 0.3 is 6.18 Å². The molecule has 1 aromatic rings. The molecule has 0 spiro atoms. The molecule has 7 heteroatoms. The van der Waals surface area contributed by atoms with Gasteiger partial charge in [0.1, 0.15) is 0 Å². The molecule has 1 heterocycles. The molecule has 0 amide bonds. The minimum atomic E-state index is -4.45. The minimum Gasteiger partial charge on any atom is -0.381 e. The average molecular weight is 286 g/mol. The molecule has 1 rings (SSSR count). The maximum absolute atomic E-state index is 12.6. The van der Waals surface area contributed by atoms with E-state index in [4.69, 9.17) is 5.73 Å². The topological polar surface area (TPSA) is 43.8 Å². The van der Waals surface area contributed by atoms with Gasteiger partial charge in [-0.15, -0.1) is 0 Å². The molecule has 2 N–H and O–H groups in total. The molecule has 3 nitrogen and oxygen atoms in total. The summed E-state index contributed by atoms with van der Waals surface area (Å²) in [6.45, 7) is 3.81. The quantitative estimate of drug-likeness (QED) is 0.908. The fraction of sp³-hybridized carbons (Fsp3) is 0.625. The van der Waals surface area contributed by atoms with Crippen LogP contribution < -0.4 is 5.73 Å². The number of hydrogen-bond donors (Lipinski definition) is 1. The van der Waals surface area contributed by atoms with Gasteiger partial charge in [0.25, 0.3) is 0 Å². The minimum absolute atomic E-state index is 0.0669. The van der Waals surface area contributed by atoms with E-state index in [1.54, 1.807) is 0 Å². The first-order valence-electron chi connectivity index (χ1n) is 4.32. The lowest BCUT2D eigenvalue weighted by Gasteiger charge is -2.12. The predicted molar refractivity (Wildman–Crippen MR) is 54.2 cm³/mol. The van der Waals surface area contributed by atoms with Crippen molar-refractivity contribution >= 4 is 21.7 Å². The molecule has 1 aromatic heterocycles. The third-order valence-electron chi connectivity index (χ3n) is 1.73. The Kier molecular flexibility index (Phi) is 3.32. The van der Waals surface area contributed by atoms with Crippen molar-refractivity contribution in [3.63, 3.8) is 0 Å². The van der Waals surface area contributed by atoms with E-state index in [-0.39, 0.29) is 22.8 Å². The van der Waals surface area contributed by atoms with Crippen LogP contribution in [-0.2, 0) is 12.7 Å². The molecule has 0 fully saturated rings. The number of aromatic nitrogens is 2. The summed E-state index contributed by atoms with van der Waals surface area (Å²) >= 11 is 2.80. The normalized spacial score (nSPS) is 12.5. The molecule has 86 valence electrons. The molecular weight excluding hydrogens is 275 g/mol. The Morgan fingerprint density at radius 1 is 1.47 bits per heavy atom. The van der Waals surface area contributed by atoms with Crippen LogP contribution in [0.15, 0.2) is 4.47 Å². The molecule has 0 bridgehead atoms. The van der Waals surface area contributed by atoms with Gasteiger partial charge < -0.3 is 5.73 Å². The van der Waals surface area contributed by atoms with Gasteiger partial charge in [-0.25, -0.2) is 0 Å². The van der Waals surface area contributed by atoms with Crippen molar-refractivity contribution in [1.29, 1.82) is 0 Å². The molecular formula is C8H11BrF3N3. The van der Waals surface area contributed by atoms with Crippen LogP contribution >= 0.6 is 15.9 Å². The third kappa shape index (κ3) is 2.64. The van der Waals surface area contributed by atoms with Gasteiger partial charge in [-0.3, -0.25) is 4.68 Å². The second kappa shape index (κ2) is 4.03. The maximum Gasteiger partial charge on any atom is 0.434 e. The first-order valence-corrected chi connectivity index (χ1v) is 5.11. The van der Waals surface area contributed by atoms with Crippen molar-refractivity contribution in [2.24, 2.45) is 5.92 Å². The van der Waals surface area contributed by atoms with E-state index in [0.29, 0.717) is 0 Å². The average Bonchev–Trinajstić information content (AvgIpc) is 2.24. The lowest BCUT2D eigenvalue weighted by molar-refractivity contribution is -0.145. The highest BCUT2D eigenvalue weighted by Gasteiger charge is 2.39. The number of nitrogens with zero attached hydrogens (tertiary/aromatic N) is 2. The Labute approximate surface area is 93.6 Å². The molecule has 0 saturated heterocycles. The third-order valence-corrected chi connectivity index (χ3v) is 2.51. The number of hydrogen-bond acceptors (Lipinski definition) is 2. The highest BCUT2D eigenvalue weighted by Crippen LogP contribution is 2.37. The van der Waals surface area contributed by atoms with E-state index in [1.807, 2.05) is 13.8 Å². The Morgan fingerprint density at radius 3 is 2.40 bits per heavy atom. The summed E-state index contributed by atoms with van der Waals surface area (Å²) in [6, 6.07) is 0. The first-order chi connectivity index (χ1) is 6.73. The second-order valence-corrected chi connectivity index (χ2v) is 4.41. The Balaban J connectivity index is 3.21. The van der Waals surface area contributed by atoms with E-state index in [2.05, 4.69) is 21.0 Å². The largest absolute Gasteiger partial charge is 0.434 e. The molecule has 0 saturated carbocycles. The summed E-state index contributed by atoms with van der Waals surface area (Å²) in [5, 5.41) is 3.64. The zero-order valence-electron chi connectivity index (χ0n) is 8.27. The van der Waals surface area contributed by atoms with Gasteiger partial charge in [0, 0.05) is 6.54 Å². The monoisotopic (exact) mass is 285 g/mol. The van der Waals surface area contributed by atoms with E-state index < -0.39 is 11.9 Å². The van der Waals surface area contributed by atoms with Crippen molar-refractivity contribution in [2.45, 2.75) is 26.6 Å². The summed E-state index contributed by atoms with van der Waals surface area (Å²) < 4.78 is 38.6. The molecule has 15 heavy (non-hydrogen) atoms. The molecule has 0 unspecified atom stereocenters. The summed E-state index contributed by atoms with van der Waals surface area (Å²) in [5.41, 5.74) is 4.51. The number of halogens is 4. The molecule has 0 aliphatic rings. The Hall–Kier alpha value is -0.720. The summed E-state index contributed by atoms with van der Waals surface area (Å²) in [4.78, 5) is 0. The number of nitrogens with two attached hydrogens (primary N) is 1. The number of anilines is 1. The van der Waals surface area contributed by atoms with E-state index >= 15 is 0 Å². The van der Waals surface area contributed by atoms with Gasteiger partial charge in [-0.1, -0.05) is 13.8 Å². The smallest absolute Gasteiger partial charge is 0.381 e. The van der Waals surface area contributed by atoms with E-state index in [9.17, 15) is 13.2 Å². The zero-order valence-corrected chi connectivity index (χ0v) is 9.85. The van der Waals surface area contributed by atoms with Crippen LogP contribution in [0, 0.1) is 5.92 Å². The lowest BCUT2D eigenvalue weighted by Crippen LogP contribution is -2.17. The number of alkyl halides is 3. The van der Waals surface area contributed by atoms with E-state index in [1.165, 1.54) is 0 Å². The molecule has 0 radical (unpaired) electrons. The zero-order chi connectivity index (χ0) is 11.8. The van der Waals surface area contributed by atoms with Crippen molar-refractivity contribution in [1.82, 2.24) is 9.78 Å². The Bertz CT molecular complexity index is 357. The van der Waals surface area contributed by atoms with Gasteiger partial charge in [-0.05, 0) is 21.8 Å². The van der Waals surface area contributed by atoms with Crippen molar-refractivity contribution in [3.05, 3.63) is 10.2 Å². The van der Waals surface area contributed by atoms with Crippen LogP contribution in [0.5, 0.6) is 0 Å². The highest BCUT2D eigenvalue weighted by molar-refractivity contribution is 9.10.